The number of hydrogen-bond donors (Lipinski definition) is 1. The van der Waals surface area contributed by atoms with Crippen molar-refractivity contribution in [2.75, 3.05) is 31.1 Å². The molecule has 0 bridgehead atoms. The fourth-order valence-electron chi connectivity index (χ4n) is 1.98. The third kappa shape index (κ3) is 2.64. The molecule has 2 heterocycles. The zero-order chi connectivity index (χ0) is 12.4. The van der Waals surface area contributed by atoms with Crippen molar-refractivity contribution in [3.05, 3.63) is 22.2 Å². The van der Waals surface area contributed by atoms with Crippen LogP contribution in [0.3, 0.4) is 0 Å². The van der Waals surface area contributed by atoms with Crippen LogP contribution < -0.4 is 10.5 Å². The standard InChI is InChI=1S/C11H16N4O2/c1-8-12-10(7-11(17)13-8)15-5-3-14(4-6-15)9(2)16/h7H,3-6H2,1-2H3,(H,12,13,17). The highest BCUT2D eigenvalue weighted by Gasteiger charge is 2.19. The van der Waals surface area contributed by atoms with E-state index in [1.165, 1.54) is 6.07 Å². The fraction of sp³-hybridized carbons (Fsp3) is 0.545. The van der Waals surface area contributed by atoms with Crippen molar-refractivity contribution in [3.63, 3.8) is 0 Å². The highest BCUT2D eigenvalue weighted by Crippen LogP contribution is 2.11. The molecule has 92 valence electrons. The van der Waals surface area contributed by atoms with Gasteiger partial charge in [0.05, 0.1) is 0 Å². The van der Waals surface area contributed by atoms with Gasteiger partial charge < -0.3 is 14.8 Å². The molecular formula is C11H16N4O2. The van der Waals surface area contributed by atoms with E-state index in [9.17, 15) is 9.59 Å². The van der Waals surface area contributed by atoms with Gasteiger partial charge in [-0.1, -0.05) is 0 Å². The normalized spacial score (nSPS) is 16.1. The van der Waals surface area contributed by atoms with Crippen LogP contribution in [0.15, 0.2) is 10.9 Å². The van der Waals surface area contributed by atoms with Gasteiger partial charge in [-0.3, -0.25) is 9.59 Å². The van der Waals surface area contributed by atoms with Gasteiger partial charge in [-0.15, -0.1) is 0 Å². The Morgan fingerprint density at radius 2 is 2.00 bits per heavy atom. The minimum Gasteiger partial charge on any atom is -0.353 e. The zero-order valence-corrected chi connectivity index (χ0v) is 10.1. The molecule has 1 amide bonds. The van der Waals surface area contributed by atoms with Crippen LogP contribution in [-0.4, -0.2) is 47.0 Å². The third-order valence-electron chi connectivity index (χ3n) is 2.90. The van der Waals surface area contributed by atoms with Gasteiger partial charge >= 0.3 is 0 Å². The van der Waals surface area contributed by atoms with Gasteiger partial charge in [0.2, 0.25) is 5.91 Å². The molecule has 17 heavy (non-hydrogen) atoms. The van der Waals surface area contributed by atoms with Gasteiger partial charge in [0.15, 0.2) is 0 Å². The maximum atomic E-state index is 11.3. The number of piperazine rings is 1. The van der Waals surface area contributed by atoms with Gasteiger partial charge in [0.25, 0.3) is 5.56 Å². The largest absolute Gasteiger partial charge is 0.353 e. The molecule has 0 radical (unpaired) electrons. The van der Waals surface area contributed by atoms with E-state index >= 15 is 0 Å². The van der Waals surface area contributed by atoms with Crippen LogP contribution in [0.5, 0.6) is 0 Å². The smallest absolute Gasteiger partial charge is 0.252 e. The first-order valence-electron chi connectivity index (χ1n) is 5.64. The van der Waals surface area contributed by atoms with Gasteiger partial charge in [0.1, 0.15) is 11.6 Å². The van der Waals surface area contributed by atoms with E-state index in [0.29, 0.717) is 24.7 Å². The molecule has 2 rings (SSSR count). The summed E-state index contributed by atoms with van der Waals surface area (Å²) in [6, 6.07) is 1.50. The summed E-state index contributed by atoms with van der Waals surface area (Å²) in [6.45, 7) is 6.14. The summed E-state index contributed by atoms with van der Waals surface area (Å²) in [4.78, 5) is 33.3. The average Bonchev–Trinajstić information content (AvgIpc) is 2.28. The quantitative estimate of drug-likeness (QED) is 0.730. The van der Waals surface area contributed by atoms with E-state index in [1.807, 2.05) is 4.90 Å². The first-order chi connectivity index (χ1) is 8.06. The number of carbonyl (C=O) groups is 1. The topological polar surface area (TPSA) is 69.3 Å². The van der Waals surface area contributed by atoms with Crippen LogP contribution in [0.25, 0.3) is 0 Å². The number of nitrogens with zero attached hydrogens (tertiary/aromatic N) is 3. The van der Waals surface area contributed by atoms with Crippen LogP contribution >= 0.6 is 0 Å². The minimum atomic E-state index is -0.138. The number of amides is 1. The summed E-state index contributed by atoms with van der Waals surface area (Å²) in [5.41, 5.74) is -0.138. The molecule has 1 aliphatic heterocycles. The van der Waals surface area contributed by atoms with E-state index in [-0.39, 0.29) is 11.5 Å². The number of aryl methyl sites for hydroxylation is 1. The van der Waals surface area contributed by atoms with Crippen LogP contribution in [0.1, 0.15) is 12.7 Å². The van der Waals surface area contributed by atoms with Crippen LogP contribution in [0.2, 0.25) is 0 Å². The van der Waals surface area contributed by atoms with Gasteiger partial charge in [-0.05, 0) is 6.92 Å². The maximum absolute atomic E-state index is 11.3. The predicted molar refractivity (Wildman–Crippen MR) is 64.1 cm³/mol. The highest BCUT2D eigenvalue weighted by molar-refractivity contribution is 5.73. The number of H-pyrrole nitrogens is 1. The van der Waals surface area contributed by atoms with Crippen LogP contribution in [-0.2, 0) is 4.79 Å². The molecule has 1 N–H and O–H groups in total. The first kappa shape index (κ1) is 11.6. The SMILES string of the molecule is CC(=O)N1CCN(c2cc(=O)[nH]c(C)n2)CC1. The lowest BCUT2D eigenvalue weighted by Gasteiger charge is -2.34. The Bertz CT molecular complexity index is 475. The van der Waals surface area contributed by atoms with Crippen molar-refractivity contribution in [1.82, 2.24) is 14.9 Å². The molecule has 0 unspecified atom stereocenters. The Hall–Kier alpha value is -1.85. The van der Waals surface area contributed by atoms with Gasteiger partial charge in [-0.2, -0.15) is 0 Å². The number of aromatic nitrogens is 2. The van der Waals surface area contributed by atoms with E-state index in [0.717, 1.165) is 13.1 Å². The summed E-state index contributed by atoms with van der Waals surface area (Å²) in [5.74, 6) is 1.40. The molecule has 6 nitrogen and oxygen atoms in total. The number of aromatic amines is 1. The van der Waals surface area contributed by atoms with Crippen molar-refractivity contribution in [3.8, 4) is 0 Å². The molecule has 1 aromatic rings. The summed E-state index contributed by atoms with van der Waals surface area (Å²) in [7, 11) is 0. The van der Waals surface area contributed by atoms with E-state index in [2.05, 4.69) is 9.97 Å². The van der Waals surface area contributed by atoms with Crippen molar-refractivity contribution in [1.29, 1.82) is 0 Å². The summed E-state index contributed by atoms with van der Waals surface area (Å²) < 4.78 is 0. The van der Waals surface area contributed by atoms with Crippen molar-refractivity contribution in [2.45, 2.75) is 13.8 Å². The second kappa shape index (κ2) is 4.57. The lowest BCUT2D eigenvalue weighted by atomic mass is 10.3. The Morgan fingerprint density at radius 1 is 1.35 bits per heavy atom. The van der Waals surface area contributed by atoms with E-state index < -0.39 is 0 Å². The molecule has 1 fully saturated rings. The summed E-state index contributed by atoms with van der Waals surface area (Å²) in [5, 5.41) is 0. The molecule has 0 spiro atoms. The highest BCUT2D eigenvalue weighted by atomic mass is 16.2. The number of anilines is 1. The van der Waals surface area contributed by atoms with Crippen LogP contribution in [0, 0.1) is 6.92 Å². The maximum Gasteiger partial charge on any atom is 0.252 e. The molecule has 0 saturated carbocycles. The predicted octanol–water partition coefficient (Wildman–Crippen LogP) is -0.253. The number of rotatable bonds is 1. The second-order valence-electron chi connectivity index (χ2n) is 4.18. The summed E-state index contributed by atoms with van der Waals surface area (Å²) >= 11 is 0. The molecule has 0 aliphatic carbocycles. The zero-order valence-electron chi connectivity index (χ0n) is 10.1. The third-order valence-corrected chi connectivity index (χ3v) is 2.90. The van der Waals surface area contributed by atoms with E-state index in [4.69, 9.17) is 0 Å². The van der Waals surface area contributed by atoms with Crippen molar-refractivity contribution >= 4 is 11.7 Å². The minimum absolute atomic E-state index is 0.0969. The molecular weight excluding hydrogens is 220 g/mol. The number of carbonyl (C=O) groups excluding carboxylic acids is 1. The lowest BCUT2D eigenvalue weighted by molar-refractivity contribution is -0.129. The number of hydrogen-bond acceptors (Lipinski definition) is 4. The van der Waals surface area contributed by atoms with Crippen molar-refractivity contribution in [2.24, 2.45) is 0 Å². The number of nitrogens with one attached hydrogen (secondary N) is 1. The van der Waals surface area contributed by atoms with Gasteiger partial charge in [-0.25, -0.2) is 4.98 Å². The van der Waals surface area contributed by atoms with E-state index in [1.54, 1.807) is 18.7 Å². The molecule has 0 atom stereocenters. The van der Waals surface area contributed by atoms with Crippen molar-refractivity contribution < 1.29 is 4.79 Å². The average molecular weight is 236 g/mol. The Labute approximate surface area is 99.3 Å². The van der Waals surface area contributed by atoms with Crippen LogP contribution in [0.4, 0.5) is 5.82 Å². The molecule has 1 aliphatic rings. The Kier molecular flexibility index (Phi) is 3.12. The molecule has 1 saturated heterocycles. The molecule has 1 aromatic heterocycles. The Balaban J connectivity index is 2.10. The van der Waals surface area contributed by atoms with Gasteiger partial charge in [0, 0.05) is 39.2 Å². The lowest BCUT2D eigenvalue weighted by Crippen LogP contribution is -2.48. The monoisotopic (exact) mass is 236 g/mol. The first-order valence-corrected chi connectivity index (χ1v) is 5.64. The molecule has 0 aromatic carbocycles. The second-order valence-corrected chi connectivity index (χ2v) is 4.18. The molecule has 6 heteroatoms. The fourth-order valence-corrected chi connectivity index (χ4v) is 1.98. The Morgan fingerprint density at radius 3 is 2.53 bits per heavy atom. The summed E-state index contributed by atoms with van der Waals surface area (Å²) in [6.07, 6.45) is 0.